The number of aryl methyl sites for hydroxylation is 1. The largest absolute Gasteiger partial charge is 0.629 e. The van der Waals surface area contributed by atoms with E-state index in [1.54, 1.807) is 6.20 Å². The van der Waals surface area contributed by atoms with E-state index in [-0.39, 0.29) is 38.3 Å². The Labute approximate surface area is 123 Å². The first-order chi connectivity index (χ1) is 7.75. The van der Waals surface area contributed by atoms with E-state index in [9.17, 15) is 4.79 Å². The third-order valence-electron chi connectivity index (χ3n) is 2.70. The Balaban J connectivity index is 0.00000108. The van der Waals surface area contributed by atoms with Gasteiger partial charge in [0, 0.05) is 43.5 Å². The molecule has 0 aliphatic carbocycles. The Morgan fingerprint density at radius 3 is 2.82 bits per heavy atom. The molecule has 0 N–H and O–H groups in total. The van der Waals surface area contributed by atoms with Crippen LogP contribution >= 0.6 is 0 Å². The average Bonchev–Trinajstić information content (AvgIpc) is 2.32. The van der Waals surface area contributed by atoms with Crippen molar-refractivity contribution in [1.82, 2.24) is 9.97 Å². The van der Waals surface area contributed by atoms with Gasteiger partial charge in [-0.3, -0.25) is 0 Å². The van der Waals surface area contributed by atoms with E-state index in [4.69, 9.17) is 0 Å². The summed E-state index contributed by atoms with van der Waals surface area (Å²) in [5, 5.41) is 1.57. The summed E-state index contributed by atoms with van der Waals surface area (Å²) in [6.07, 6.45) is 1.58. The Morgan fingerprint density at radius 1 is 1.24 bits per heavy atom. The molecule has 0 saturated heterocycles. The molecule has 4 heteroatoms. The normalized spacial score (nSPS) is 10.4. The van der Waals surface area contributed by atoms with Crippen LogP contribution in [-0.2, 0) is 32.7 Å². The number of nitrogens with zero attached hydrogens (tertiary/aromatic N) is 2. The van der Waals surface area contributed by atoms with E-state index in [0.717, 1.165) is 22.0 Å². The summed E-state index contributed by atoms with van der Waals surface area (Å²) in [6, 6.07) is 9.63. The van der Waals surface area contributed by atoms with Gasteiger partial charge in [0.05, 0.1) is 16.6 Å². The zero-order valence-electron chi connectivity index (χ0n) is 9.34. The molecule has 0 amide bonds. The molecule has 0 spiro atoms. The summed E-state index contributed by atoms with van der Waals surface area (Å²) >= 11 is 0. The number of fused-ring (bicyclic) bond motifs is 2. The van der Waals surface area contributed by atoms with E-state index in [2.05, 4.69) is 9.97 Å². The van der Waals surface area contributed by atoms with Crippen LogP contribution in [0.5, 0.6) is 0 Å². The molecule has 0 unspecified atom stereocenters. The average molecular weight is 298 g/mol. The van der Waals surface area contributed by atoms with Crippen LogP contribution in [0.3, 0.4) is 0 Å². The van der Waals surface area contributed by atoms with Crippen LogP contribution in [0, 0.1) is 6.92 Å². The van der Waals surface area contributed by atoms with Gasteiger partial charge in [-0.15, -0.1) is 0 Å². The first-order valence-electron chi connectivity index (χ1n) is 5.08. The van der Waals surface area contributed by atoms with Gasteiger partial charge in [-0.1, -0.05) is 18.2 Å². The Bertz CT molecular complexity index is 749. The molecule has 0 bridgehead atoms. The third-order valence-corrected chi connectivity index (χ3v) is 2.70. The van der Waals surface area contributed by atoms with E-state index in [1.165, 1.54) is 0 Å². The molecule has 1 aromatic carbocycles. The molecule has 2 heterocycles. The van der Waals surface area contributed by atoms with Crippen molar-refractivity contribution in [3.8, 4) is 0 Å². The summed E-state index contributed by atoms with van der Waals surface area (Å²) in [4.78, 5) is 19.9. The second kappa shape index (κ2) is 4.67. The third kappa shape index (κ3) is 2.05. The second-order valence-electron chi connectivity index (χ2n) is 3.82. The summed E-state index contributed by atoms with van der Waals surface area (Å²) in [5.74, 6) is 0. The molecule has 2 aromatic heterocycles. The van der Waals surface area contributed by atoms with Gasteiger partial charge < -0.3 is 9.78 Å². The SMILES string of the molecule is Cc1c[n-]c(=O)c2cc3ccccc3nc12.[Y]. The topological polar surface area (TPSA) is 44.1 Å². The van der Waals surface area contributed by atoms with Crippen molar-refractivity contribution in [2.75, 3.05) is 0 Å². The Morgan fingerprint density at radius 2 is 2.00 bits per heavy atom. The molecule has 1 radical (unpaired) electrons. The number of para-hydroxylation sites is 1. The van der Waals surface area contributed by atoms with Gasteiger partial charge in [-0.2, -0.15) is 6.20 Å². The fraction of sp³-hybridized carbons (Fsp3) is 0.0769. The van der Waals surface area contributed by atoms with Gasteiger partial charge >= 0.3 is 0 Å². The number of hydrogen-bond acceptors (Lipinski definition) is 2. The molecule has 3 nitrogen and oxygen atoms in total. The van der Waals surface area contributed by atoms with Crippen molar-refractivity contribution in [2.45, 2.75) is 6.92 Å². The van der Waals surface area contributed by atoms with Crippen LogP contribution in [0.4, 0.5) is 0 Å². The van der Waals surface area contributed by atoms with Gasteiger partial charge in [0.25, 0.3) is 0 Å². The smallest absolute Gasteiger partial charge is 0.0871 e. The Hall–Kier alpha value is -1.06. The maximum Gasteiger partial charge on any atom is 0.0871 e. The van der Waals surface area contributed by atoms with Gasteiger partial charge in [0.15, 0.2) is 0 Å². The van der Waals surface area contributed by atoms with Gasteiger partial charge in [-0.05, 0) is 24.6 Å². The molecule has 0 fully saturated rings. The molecule has 3 rings (SSSR count). The quantitative estimate of drug-likeness (QED) is 0.596. The molecule has 0 saturated carbocycles. The molecule has 0 aliphatic heterocycles. The van der Waals surface area contributed by atoms with Crippen molar-refractivity contribution in [3.05, 3.63) is 52.4 Å². The molecule has 3 aromatic rings. The summed E-state index contributed by atoms with van der Waals surface area (Å²) in [5.41, 5.74) is 2.38. The van der Waals surface area contributed by atoms with E-state index < -0.39 is 0 Å². The predicted octanol–water partition coefficient (Wildman–Crippen LogP) is 2.01. The van der Waals surface area contributed by atoms with E-state index >= 15 is 0 Å². The second-order valence-corrected chi connectivity index (χ2v) is 3.82. The van der Waals surface area contributed by atoms with Crippen molar-refractivity contribution < 1.29 is 32.7 Å². The maximum atomic E-state index is 11.6. The standard InChI is InChI=1S/C13H10N2O.Y/c1-8-7-14-13(16)10-6-9-4-2-3-5-11(9)15-12(8)10;/h2-7H,1H3,(H,14,15,16);/p-1. The van der Waals surface area contributed by atoms with Crippen molar-refractivity contribution in [3.63, 3.8) is 0 Å². The van der Waals surface area contributed by atoms with Crippen LogP contribution in [-0.4, -0.2) is 4.98 Å². The van der Waals surface area contributed by atoms with Gasteiger partial charge in [0.2, 0.25) is 0 Å². The van der Waals surface area contributed by atoms with E-state index in [1.807, 2.05) is 37.3 Å². The number of rotatable bonds is 0. The van der Waals surface area contributed by atoms with Crippen molar-refractivity contribution in [2.24, 2.45) is 0 Å². The number of pyridine rings is 2. The molecule has 17 heavy (non-hydrogen) atoms. The van der Waals surface area contributed by atoms with Gasteiger partial charge in [0.1, 0.15) is 0 Å². The summed E-state index contributed by atoms with van der Waals surface area (Å²) in [6.45, 7) is 1.91. The van der Waals surface area contributed by atoms with Crippen LogP contribution in [0.25, 0.3) is 21.8 Å². The van der Waals surface area contributed by atoms with Gasteiger partial charge in [-0.25, -0.2) is 4.98 Å². The summed E-state index contributed by atoms with van der Waals surface area (Å²) < 4.78 is 0. The maximum absolute atomic E-state index is 11.6. The molecular formula is C13H9N2OY-. The first-order valence-corrected chi connectivity index (χ1v) is 5.08. The van der Waals surface area contributed by atoms with Crippen molar-refractivity contribution >= 4 is 21.8 Å². The van der Waals surface area contributed by atoms with Crippen LogP contribution < -0.4 is 10.5 Å². The first kappa shape index (κ1) is 12.4. The zero-order valence-corrected chi connectivity index (χ0v) is 12.2. The zero-order chi connectivity index (χ0) is 11.1. The number of hydrogen-bond donors (Lipinski definition) is 0. The predicted molar refractivity (Wildman–Crippen MR) is 63.6 cm³/mol. The van der Waals surface area contributed by atoms with Crippen LogP contribution in [0.2, 0.25) is 0 Å². The molecule has 0 aliphatic rings. The van der Waals surface area contributed by atoms with Crippen molar-refractivity contribution in [1.29, 1.82) is 0 Å². The minimum atomic E-state index is -0.209. The molecule has 0 atom stereocenters. The number of aromatic nitrogens is 2. The number of benzene rings is 1. The minimum Gasteiger partial charge on any atom is -0.629 e. The monoisotopic (exact) mass is 298 g/mol. The fourth-order valence-electron chi connectivity index (χ4n) is 1.87. The van der Waals surface area contributed by atoms with Crippen LogP contribution in [0.1, 0.15) is 5.56 Å². The van der Waals surface area contributed by atoms with Crippen LogP contribution in [0.15, 0.2) is 41.3 Å². The fourth-order valence-corrected chi connectivity index (χ4v) is 1.87. The Kier molecular flexibility index (Phi) is 3.41. The minimum absolute atomic E-state index is 0. The van der Waals surface area contributed by atoms with E-state index in [0.29, 0.717) is 5.39 Å². The molecule has 81 valence electrons. The molecular weight excluding hydrogens is 289 g/mol. The summed E-state index contributed by atoms with van der Waals surface area (Å²) in [7, 11) is 0.